The van der Waals surface area contributed by atoms with E-state index in [-0.39, 0.29) is 24.5 Å². The van der Waals surface area contributed by atoms with Crippen molar-refractivity contribution in [1.29, 1.82) is 0 Å². The third-order valence-corrected chi connectivity index (χ3v) is 13.3. The molecule has 6 fully saturated rings. The summed E-state index contributed by atoms with van der Waals surface area (Å²) in [4.78, 5) is 61.8. The highest BCUT2D eigenvalue weighted by Gasteiger charge is 2.92. The van der Waals surface area contributed by atoms with Crippen LogP contribution in [0, 0.1) is 17.3 Å². The number of rotatable bonds is 6. The smallest absolute Gasteiger partial charge is 0.262 e. The largest absolute Gasteiger partial charge is 0.507 e. The minimum atomic E-state index is -0.964. The summed E-state index contributed by atoms with van der Waals surface area (Å²) in [6.07, 6.45) is 3.51. The quantitative estimate of drug-likeness (QED) is 0.320. The van der Waals surface area contributed by atoms with Crippen LogP contribution in [0.2, 0.25) is 0 Å². The lowest BCUT2D eigenvalue weighted by Crippen LogP contribution is -2.58. The fourth-order valence-electron chi connectivity index (χ4n) is 10.6. The van der Waals surface area contributed by atoms with Crippen molar-refractivity contribution in [1.82, 2.24) is 30.2 Å². The van der Waals surface area contributed by atoms with Crippen LogP contribution < -0.4 is 20.4 Å². The van der Waals surface area contributed by atoms with Gasteiger partial charge in [0, 0.05) is 93.6 Å². The normalized spacial score (nSPS) is 31.0. The van der Waals surface area contributed by atoms with Crippen LogP contribution in [0.5, 0.6) is 5.75 Å². The summed E-state index contributed by atoms with van der Waals surface area (Å²) in [5.41, 5.74) is 5.78. The predicted octanol–water partition coefficient (Wildman–Crippen LogP) is 1.89. The van der Waals surface area contributed by atoms with Gasteiger partial charge >= 0.3 is 0 Å². The van der Waals surface area contributed by atoms with Crippen molar-refractivity contribution < 1.29 is 24.3 Å². The van der Waals surface area contributed by atoms with Crippen molar-refractivity contribution in [2.75, 3.05) is 67.5 Å². The molecule has 9 aliphatic rings. The van der Waals surface area contributed by atoms with Gasteiger partial charge in [0.2, 0.25) is 11.8 Å². The van der Waals surface area contributed by atoms with E-state index in [1.54, 1.807) is 18.2 Å². The lowest BCUT2D eigenvalue weighted by molar-refractivity contribution is -0.136. The molecule has 3 aromatic rings. The molecule has 6 atom stereocenters. The predicted molar refractivity (Wildman–Crippen MR) is 193 cm³/mol. The van der Waals surface area contributed by atoms with E-state index in [9.17, 15) is 24.3 Å². The number of anilines is 3. The van der Waals surface area contributed by atoms with E-state index in [4.69, 9.17) is 0 Å². The number of piperazine rings is 1. The Balaban J connectivity index is 0.727. The molecule has 8 heterocycles. The average Bonchev–Trinajstić information content (AvgIpc) is 3.78. The number of aromatic hydroxyl groups is 1. The summed E-state index contributed by atoms with van der Waals surface area (Å²) in [5, 5.41) is 25.1. The van der Waals surface area contributed by atoms with Crippen LogP contribution in [0.3, 0.4) is 0 Å². The fraction of sp³-hybridized carbons (Fsp3) is 0.436. The standard InChI is InChI=1S/C39H39N9O5/c49-31-4-2-1-3-25(31)28-16-30-35(43-42-28)40-17-23-18-44(13-14-46(23)30)20-39-27-19-47(34(39)33(27)39)21-9-11-45(12-10-21)22-5-6-24-26(15-22)38(53)48(37(24)52)29-7-8-32(50)41-36(29)51/h1-6,9,15-16,23,27,29,33-34,49H,7-8,10-14,17-20H2,(H,40,43)(H,41,50,51)/t23-,27-,29?,33?,34?,39-/m0/s1. The number of imide groups is 2. The van der Waals surface area contributed by atoms with E-state index < -0.39 is 23.8 Å². The zero-order valence-corrected chi connectivity index (χ0v) is 29.1. The van der Waals surface area contributed by atoms with E-state index >= 15 is 0 Å². The summed E-state index contributed by atoms with van der Waals surface area (Å²) in [7, 11) is 0. The monoisotopic (exact) mass is 713 g/mol. The number of para-hydroxylation sites is 1. The molecule has 4 saturated heterocycles. The number of nitrogens with one attached hydrogen (secondary N) is 2. The first-order valence-corrected chi connectivity index (χ1v) is 18.8. The van der Waals surface area contributed by atoms with Gasteiger partial charge in [-0.25, -0.2) is 0 Å². The van der Waals surface area contributed by atoms with Gasteiger partial charge in [0.05, 0.1) is 28.6 Å². The van der Waals surface area contributed by atoms with E-state index in [0.717, 1.165) is 92.7 Å². The molecule has 1 aromatic heterocycles. The van der Waals surface area contributed by atoms with Gasteiger partial charge in [-0.2, -0.15) is 0 Å². The van der Waals surface area contributed by atoms with Crippen LogP contribution in [0.25, 0.3) is 11.3 Å². The number of aromatic nitrogens is 2. The SMILES string of the molecule is O=C1CCC(N2C(=O)c3ccc(N4CC=C(N5C[C@H]6C7C5[C@]76CN5CCN6c7cc(-c8ccccc8O)nnc7NC[C@H]6C5)CC4)cc3C2=O)C(=O)N1. The van der Waals surface area contributed by atoms with Crippen LogP contribution >= 0.6 is 0 Å². The van der Waals surface area contributed by atoms with E-state index in [2.05, 4.69) is 52.6 Å². The number of carbonyl (C=O) groups is 4. The Morgan fingerprint density at radius 1 is 0.887 bits per heavy atom. The highest BCUT2D eigenvalue weighted by molar-refractivity contribution is 6.23. The molecule has 4 amide bonds. The van der Waals surface area contributed by atoms with Gasteiger partial charge in [0.25, 0.3) is 11.8 Å². The van der Waals surface area contributed by atoms with E-state index in [0.29, 0.717) is 39.9 Å². The molecule has 14 heteroatoms. The molecule has 53 heavy (non-hydrogen) atoms. The molecule has 270 valence electrons. The summed E-state index contributed by atoms with van der Waals surface area (Å²) >= 11 is 0. The Kier molecular flexibility index (Phi) is 6.45. The number of phenolic OH excluding ortho intramolecular Hbond substituents is 1. The summed E-state index contributed by atoms with van der Waals surface area (Å²) in [6.45, 7) is 7.62. The van der Waals surface area contributed by atoms with Gasteiger partial charge in [-0.15, -0.1) is 10.2 Å². The van der Waals surface area contributed by atoms with Gasteiger partial charge < -0.3 is 25.1 Å². The Bertz CT molecular complexity index is 2190. The van der Waals surface area contributed by atoms with E-state index in [1.807, 2.05) is 24.3 Å². The maximum atomic E-state index is 13.4. The van der Waals surface area contributed by atoms with Crippen molar-refractivity contribution >= 4 is 40.8 Å². The van der Waals surface area contributed by atoms with Crippen molar-refractivity contribution in [3.8, 4) is 17.0 Å². The zero-order valence-electron chi connectivity index (χ0n) is 29.1. The van der Waals surface area contributed by atoms with Gasteiger partial charge in [-0.1, -0.05) is 12.1 Å². The molecule has 14 nitrogen and oxygen atoms in total. The summed E-state index contributed by atoms with van der Waals surface area (Å²) < 4.78 is 0. The van der Waals surface area contributed by atoms with Crippen molar-refractivity contribution in [3.63, 3.8) is 0 Å². The lowest BCUT2D eigenvalue weighted by atomic mass is 10.0. The molecule has 2 aliphatic carbocycles. The molecular weight excluding hydrogens is 674 g/mol. The number of fused-ring (bicyclic) bond motifs is 5. The molecule has 0 spiro atoms. The number of nitrogens with zero attached hydrogens (tertiary/aromatic N) is 7. The Hall–Kier alpha value is -5.50. The van der Waals surface area contributed by atoms with Crippen LogP contribution in [0.4, 0.5) is 17.2 Å². The topological polar surface area (TPSA) is 155 Å². The maximum Gasteiger partial charge on any atom is 0.262 e. The number of benzene rings is 2. The molecule has 7 aliphatic heterocycles. The Morgan fingerprint density at radius 3 is 2.57 bits per heavy atom. The number of piperidine rings is 2. The highest BCUT2D eigenvalue weighted by Crippen LogP contribution is 2.86. The van der Waals surface area contributed by atoms with Crippen molar-refractivity contribution in [2.45, 2.75) is 37.4 Å². The second-order valence-electron chi connectivity index (χ2n) is 15.9. The molecular formula is C39H39N9O5. The minimum absolute atomic E-state index is 0.101. The van der Waals surface area contributed by atoms with Gasteiger partial charge in [-0.3, -0.25) is 34.3 Å². The second-order valence-corrected chi connectivity index (χ2v) is 15.9. The van der Waals surface area contributed by atoms with Crippen LogP contribution in [0.15, 0.2) is 60.3 Å². The van der Waals surface area contributed by atoms with Gasteiger partial charge in [-0.05, 0) is 60.7 Å². The molecule has 3 N–H and O–H groups in total. The fourth-order valence-corrected chi connectivity index (χ4v) is 10.6. The molecule has 12 rings (SSSR count). The lowest BCUT2D eigenvalue weighted by Gasteiger charge is -2.46. The van der Waals surface area contributed by atoms with Crippen molar-refractivity contribution in [2.24, 2.45) is 17.3 Å². The number of hydrogen-bond donors (Lipinski definition) is 3. The third kappa shape index (κ3) is 4.47. The molecule has 2 saturated carbocycles. The summed E-state index contributed by atoms with van der Waals surface area (Å²) in [6, 6.07) is 14.7. The number of amides is 4. The average molecular weight is 714 g/mol. The van der Waals surface area contributed by atoms with Crippen LogP contribution in [0.1, 0.15) is 40.0 Å². The number of carbonyl (C=O) groups excluding carboxylic acids is 4. The van der Waals surface area contributed by atoms with Crippen molar-refractivity contribution in [3.05, 3.63) is 71.4 Å². The molecule has 2 aromatic carbocycles. The molecule has 0 radical (unpaired) electrons. The zero-order chi connectivity index (χ0) is 35.7. The number of phenols is 1. The first-order valence-electron chi connectivity index (χ1n) is 18.8. The maximum absolute atomic E-state index is 13.4. The second kappa shape index (κ2) is 11.0. The minimum Gasteiger partial charge on any atom is -0.507 e. The van der Waals surface area contributed by atoms with E-state index in [1.165, 1.54) is 5.70 Å². The third-order valence-electron chi connectivity index (χ3n) is 13.3. The van der Waals surface area contributed by atoms with Gasteiger partial charge in [0.1, 0.15) is 11.8 Å². The first-order chi connectivity index (χ1) is 25.8. The van der Waals surface area contributed by atoms with Crippen LogP contribution in [-0.4, -0.2) is 124 Å². The molecule has 3 unspecified atom stereocenters. The summed E-state index contributed by atoms with van der Waals surface area (Å²) in [5.74, 6) is 0.655. The Labute approximate surface area is 305 Å². The first kappa shape index (κ1) is 31.1. The number of hydrogen-bond acceptors (Lipinski definition) is 12. The Morgan fingerprint density at radius 2 is 1.75 bits per heavy atom. The molecule has 2 bridgehead atoms. The van der Waals surface area contributed by atoms with Gasteiger partial charge in [0.15, 0.2) is 5.82 Å². The van der Waals surface area contributed by atoms with Crippen LogP contribution in [-0.2, 0) is 9.59 Å². The highest BCUT2D eigenvalue weighted by atomic mass is 16.3.